The van der Waals surface area contributed by atoms with E-state index in [0.29, 0.717) is 0 Å². The zero-order valence-corrected chi connectivity index (χ0v) is 11.3. The van der Waals surface area contributed by atoms with Gasteiger partial charge in [-0.2, -0.15) is 11.8 Å². The number of nitrogens with zero attached hydrogens (tertiary/aromatic N) is 1. The smallest absolute Gasteiger partial charge is 0.240 e. The number of hydrogen-bond acceptors (Lipinski definition) is 4. The fourth-order valence-corrected chi connectivity index (χ4v) is 3.42. The van der Waals surface area contributed by atoms with E-state index in [-0.39, 0.29) is 18.1 Å². The Bertz CT molecular complexity index is 257. The zero-order chi connectivity index (χ0) is 12.1. The highest BCUT2D eigenvalue weighted by Crippen LogP contribution is 2.17. The van der Waals surface area contributed by atoms with Crippen LogP contribution in [0, 0.1) is 0 Å². The third-order valence-electron chi connectivity index (χ3n) is 3.45. The molecule has 1 N–H and O–H groups in total. The summed E-state index contributed by atoms with van der Waals surface area (Å²) in [5, 5.41) is 3.11. The number of ether oxygens (including phenoxy) is 1. The molecule has 2 heterocycles. The Hall–Kier alpha value is -0.260. The van der Waals surface area contributed by atoms with Crippen molar-refractivity contribution < 1.29 is 9.53 Å². The van der Waals surface area contributed by atoms with E-state index < -0.39 is 0 Å². The zero-order valence-electron chi connectivity index (χ0n) is 10.5. The van der Waals surface area contributed by atoms with Crippen molar-refractivity contribution in [3.05, 3.63) is 0 Å². The van der Waals surface area contributed by atoms with Crippen molar-refractivity contribution in [3.8, 4) is 0 Å². The van der Waals surface area contributed by atoms with Crippen LogP contribution in [0.25, 0.3) is 0 Å². The predicted molar refractivity (Wildman–Crippen MR) is 70.3 cm³/mol. The molecule has 4 nitrogen and oxygen atoms in total. The van der Waals surface area contributed by atoms with E-state index in [0.717, 1.165) is 37.6 Å². The molecule has 0 spiro atoms. The molecule has 0 aromatic heterocycles. The highest BCUT2D eigenvalue weighted by molar-refractivity contribution is 7.99. The molecular weight excluding hydrogens is 236 g/mol. The van der Waals surface area contributed by atoms with E-state index in [2.05, 4.69) is 5.32 Å². The molecule has 2 fully saturated rings. The van der Waals surface area contributed by atoms with Gasteiger partial charge in [-0.3, -0.25) is 4.79 Å². The molecule has 2 rings (SSSR count). The average Bonchev–Trinajstić information content (AvgIpc) is 2.54. The quantitative estimate of drug-likeness (QED) is 0.810. The van der Waals surface area contributed by atoms with Gasteiger partial charge in [-0.25, -0.2) is 0 Å². The van der Waals surface area contributed by atoms with Gasteiger partial charge in [0.15, 0.2) is 0 Å². The molecule has 2 unspecified atom stereocenters. The van der Waals surface area contributed by atoms with Crippen LogP contribution in [0.3, 0.4) is 0 Å². The molecule has 0 aliphatic carbocycles. The SMILES string of the molecule is CNC1CSCCN(CC2CCCCO2)C1=O. The minimum atomic E-state index is -0.0221. The summed E-state index contributed by atoms with van der Waals surface area (Å²) in [7, 11) is 1.86. The molecule has 2 saturated heterocycles. The van der Waals surface area contributed by atoms with Crippen molar-refractivity contribution in [1.29, 1.82) is 0 Å². The van der Waals surface area contributed by atoms with Crippen LogP contribution in [0.5, 0.6) is 0 Å². The fraction of sp³-hybridized carbons (Fsp3) is 0.917. The highest BCUT2D eigenvalue weighted by Gasteiger charge is 2.28. The van der Waals surface area contributed by atoms with Gasteiger partial charge in [-0.1, -0.05) is 0 Å². The third kappa shape index (κ3) is 3.60. The van der Waals surface area contributed by atoms with Crippen LogP contribution < -0.4 is 5.32 Å². The van der Waals surface area contributed by atoms with Crippen LogP contribution >= 0.6 is 11.8 Å². The number of carbonyl (C=O) groups is 1. The van der Waals surface area contributed by atoms with Crippen LogP contribution in [0.4, 0.5) is 0 Å². The van der Waals surface area contributed by atoms with Crippen molar-refractivity contribution >= 4 is 17.7 Å². The van der Waals surface area contributed by atoms with Crippen LogP contribution in [0.2, 0.25) is 0 Å². The van der Waals surface area contributed by atoms with Gasteiger partial charge in [0.05, 0.1) is 12.1 Å². The van der Waals surface area contributed by atoms with Crippen molar-refractivity contribution in [3.63, 3.8) is 0 Å². The monoisotopic (exact) mass is 258 g/mol. The Balaban J connectivity index is 1.90. The van der Waals surface area contributed by atoms with Crippen LogP contribution in [-0.4, -0.2) is 61.2 Å². The Kier molecular flexibility index (Phi) is 5.13. The summed E-state index contributed by atoms with van der Waals surface area (Å²) in [4.78, 5) is 14.2. The van der Waals surface area contributed by atoms with E-state index in [9.17, 15) is 4.79 Å². The maximum absolute atomic E-state index is 12.2. The Morgan fingerprint density at radius 1 is 1.53 bits per heavy atom. The molecule has 2 atom stereocenters. The normalized spacial score (nSPS) is 31.4. The minimum absolute atomic E-state index is 0.0221. The maximum atomic E-state index is 12.2. The van der Waals surface area contributed by atoms with Crippen LogP contribution in [0.1, 0.15) is 19.3 Å². The highest BCUT2D eigenvalue weighted by atomic mass is 32.2. The summed E-state index contributed by atoms with van der Waals surface area (Å²) in [5.41, 5.74) is 0. The molecule has 1 amide bonds. The largest absolute Gasteiger partial charge is 0.376 e. The van der Waals surface area contributed by atoms with Gasteiger partial charge in [0.25, 0.3) is 0 Å². The minimum Gasteiger partial charge on any atom is -0.376 e. The van der Waals surface area contributed by atoms with Crippen molar-refractivity contribution in [1.82, 2.24) is 10.2 Å². The third-order valence-corrected chi connectivity index (χ3v) is 4.49. The topological polar surface area (TPSA) is 41.6 Å². The Labute approximate surface area is 107 Å². The Morgan fingerprint density at radius 3 is 3.12 bits per heavy atom. The molecular formula is C12H22N2O2S. The lowest BCUT2D eigenvalue weighted by atomic mass is 10.1. The van der Waals surface area contributed by atoms with Gasteiger partial charge in [-0.15, -0.1) is 0 Å². The van der Waals surface area contributed by atoms with Gasteiger partial charge in [0, 0.05) is 31.2 Å². The van der Waals surface area contributed by atoms with E-state index >= 15 is 0 Å². The molecule has 2 aliphatic rings. The first-order valence-electron chi connectivity index (χ1n) is 6.46. The molecule has 0 aromatic carbocycles. The van der Waals surface area contributed by atoms with Crippen LogP contribution in [-0.2, 0) is 9.53 Å². The molecule has 98 valence electrons. The lowest BCUT2D eigenvalue weighted by Gasteiger charge is -2.30. The van der Waals surface area contributed by atoms with E-state index in [4.69, 9.17) is 4.74 Å². The number of thioether (sulfide) groups is 1. The number of rotatable bonds is 3. The van der Waals surface area contributed by atoms with Gasteiger partial charge in [0.1, 0.15) is 0 Å². The second kappa shape index (κ2) is 6.61. The number of carbonyl (C=O) groups excluding carboxylic acids is 1. The summed E-state index contributed by atoms with van der Waals surface area (Å²) in [5.74, 6) is 2.17. The van der Waals surface area contributed by atoms with Crippen molar-refractivity contribution in [2.24, 2.45) is 0 Å². The molecule has 0 bridgehead atoms. The molecule has 0 radical (unpaired) electrons. The van der Waals surface area contributed by atoms with Gasteiger partial charge in [-0.05, 0) is 26.3 Å². The maximum Gasteiger partial charge on any atom is 0.240 e. The van der Waals surface area contributed by atoms with Crippen LogP contribution in [0.15, 0.2) is 0 Å². The van der Waals surface area contributed by atoms with Gasteiger partial charge in [0.2, 0.25) is 5.91 Å². The van der Waals surface area contributed by atoms with Crippen molar-refractivity contribution in [2.45, 2.75) is 31.4 Å². The molecule has 0 saturated carbocycles. The van der Waals surface area contributed by atoms with E-state index in [1.807, 2.05) is 23.7 Å². The standard InChI is InChI=1S/C12H22N2O2S/c1-13-11-9-17-7-5-14(12(11)15)8-10-4-2-3-6-16-10/h10-11,13H,2-9H2,1H3. The first-order chi connectivity index (χ1) is 8.31. The van der Waals surface area contributed by atoms with E-state index in [1.165, 1.54) is 12.8 Å². The Morgan fingerprint density at radius 2 is 2.41 bits per heavy atom. The summed E-state index contributed by atoms with van der Waals surface area (Å²) in [6, 6.07) is -0.0221. The van der Waals surface area contributed by atoms with Crippen molar-refractivity contribution in [2.75, 3.05) is 38.2 Å². The average molecular weight is 258 g/mol. The molecule has 5 heteroatoms. The van der Waals surface area contributed by atoms with Gasteiger partial charge < -0.3 is 15.0 Å². The second-order valence-corrected chi connectivity index (χ2v) is 5.84. The fourth-order valence-electron chi connectivity index (χ4n) is 2.36. The number of hydrogen-bond donors (Lipinski definition) is 1. The lowest BCUT2D eigenvalue weighted by Crippen LogP contribution is -2.48. The number of likely N-dealkylation sites (N-methyl/N-ethyl adjacent to an activating group) is 1. The number of amides is 1. The van der Waals surface area contributed by atoms with E-state index in [1.54, 1.807) is 0 Å². The van der Waals surface area contributed by atoms with Gasteiger partial charge >= 0.3 is 0 Å². The second-order valence-electron chi connectivity index (χ2n) is 4.69. The summed E-state index contributed by atoms with van der Waals surface area (Å²) < 4.78 is 5.72. The predicted octanol–water partition coefficient (Wildman–Crippen LogP) is 0.719. The summed E-state index contributed by atoms with van der Waals surface area (Å²) in [6.07, 6.45) is 3.76. The summed E-state index contributed by atoms with van der Waals surface area (Å²) in [6.45, 7) is 2.50. The number of nitrogens with one attached hydrogen (secondary N) is 1. The lowest BCUT2D eigenvalue weighted by molar-refractivity contribution is -0.134. The first kappa shape index (κ1) is 13.2. The summed E-state index contributed by atoms with van der Waals surface area (Å²) >= 11 is 1.85. The first-order valence-corrected chi connectivity index (χ1v) is 7.62. The molecule has 17 heavy (non-hydrogen) atoms. The molecule has 2 aliphatic heterocycles. The molecule has 0 aromatic rings.